The second-order valence-electron chi connectivity index (χ2n) is 8.84. The fraction of sp³-hybridized carbons (Fsp3) is 0.407. The highest BCUT2D eigenvalue weighted by Crippen LogP contribution is 2.29. The molecule has 1 aromatic heterocycles. The molecule has 0 spiro atoms. The number of rotatable bonds is 10. The number of hydrogen-bond donors (Lipinski definition) is 0. The van der Waals surface area contributed by atoms with Crippen LogP contribution in [0.2, 0.25) is 0 Å². The Labute approximate surface area is 204 Å². The number of hydrogen-bond acceptors (Lipinski definition) is 4. The third-order valence-corrected chi connectivity index (χ3v) is 6.32. The van der Waals surface area contributed by atoms with Crippen molar-refractivity contribution in [1.82, 2.24) is 14.4 Å². The van der Waals surface area contributed by atoms with E-state index in [2.05, 4.69) is 21.9 Å². The van der Waals surface area contributed by atoms with Crippen LogP contribution in [0.25, 0.3) is 0 Å². The van der Waals surface area contributed by atoms with Crippen molar-refractivity contribution in [2.24, 2.45) is 0 Å². The van der Waals surface area contributed by atoms with E-state index in [1.54, 1.807) is 13.2 Å². The zero-order valence-corrected chi connectivity index (χ0v) is 20.0. The summed E-state index contributed by atoms with van der Waals surface area (Å²) in [7, 11) is 1.65. The van der Waals surface area contributed by atoms with Gasteiger partial charge in [-0.25, -0.2) is 0 Å². The summed E-state index contributed by atoms with van der Waals surface area (Å²) in [6.07, 6.45) is -2.41. The van der Waals surface area contributed by atoms with E-state index in [9.17, 15) is 13.2 Å². The van der Waals surface area contributed by atoms with Gasteiger partial charge in [0.25, 0.3) is 0 Å². The SMILES string of the molecule is COc1ccc(CN(CCN2CCOCC2)Cc2cccn2Cc2cccc(C(F)(F)F)c2)cc1. The molecular weight excluding hydrogens is 455 g/mol. The Morgan fingerprint density at radius 1 is 0.943 bits per heavy atom. The molecule has 8 heteroatoms. The Morgan fingerprint density at radius 3 is 2.43 bits per heavy atom. The van der Waals surface area contributed by atoms with Crippen LogP contribution in [-0.2, 0) is 30.5 Å². The van der Waals surface area contributed by atoms with Crippen LogP contribution in [0.1, 0.15) is 22.4 Å². The zero-order valence-electron chi connectivity index (χ0n) is 20.0. The standard InChI is InChI=1S/C27H32F3N3O2/c1-34-26-9-7-22(8-10-26)19-32(13-12-31-14-16-35-17-15-31)21-25-6-3-11-33(25)20-23-4-2-5-24(18-23)27(28,29)30/h2-11,18H,12-17,19-21H2,1H3. The molecule has 2 heterocycles. The van der Waals surface area contributed by atoms with Gasteiger partial charge in [-0.3, -0.25) is 9.80 Å². The largest absolute Gasteiger partial charge is 0.497 e. The maximum Gasteiger partial charge on any atom is 0.416 e. The predicted molar refractivity (Wildman–Crippen MR) is 129 cm³/mol. The monoisotopic (exact) mass is 487 g/mol. The quantitative estimate of drug-likeness (QED) is 0.407. The molecule has 0 amide bonds. The lowest BCUT2D eigenvalue weighted by molar-refractivity contribution is -0.137. The van der Waals surface area contributed by atoms with Crippen molar-refractivity contribution < 1.29 is 22.6 Å². The number of methoxy groups -OCH3 is 1. The number of aromatic nitrogens is 1. The van der Waals surface area contributed by atoms with Crippen molar-refractivity contribution >= 4 is 0 Å². The van der Waals surface area contributed by atoms with E-state index in [-0.39, 0.29) is 0 Å². The summed E-state index contributed by atoms with van der Waals surface area (Å²) >= 11 is 0. The number of ether oxygens (including phenoxy) is 2. The van der Waals surface area contributed by atoms with Crippen molar-refractivity contribution in [2.45, 2.75) is 25.8 Å². The lowest BCUT2D eigenvalue weighted by Gasteiger charge is -2.30. The molecule has 0 radical (unpaired) electrons. The molecule has 3 aromatic rings. The van der Waals surface area contributed by atoms with Gasteiger partial charge in [0.2, 0.25) is 0 Å². The summed E-state index contributed by atoms with van der Waals surface area (Å²) in [5.41, 5.74) is 2.27. The van der Waals surface area contributed by atoms with Crippen molar-refractivity contribution in [3.63, 3.8) is 0 Å². The lowest BCUT2D eigenvalue weighted by Crippen LogP contribution is -2.41. The van der Waals surface area contributed by atoms with Gasteiger partial charge in [0.1, 0.15) is 5.75 Å². The Morgan fingerprint density at radius 2 is 1.71 bits per heavy atom. The molecule has 188 valence electrons. The van der Waals surface area contributed by atoms with Gasteiger partial charge in [-0.15, -0.1) is 0 Å². The lowest BCUT2D eigenvalue weighted by atomic mass is 10.1. The Hall–Kier alpha value is -2.81. The van der Waals surface area contributed by atoms with Crippen LogP contribution in [-0.4, -0.2) is 60.9 Å². The van der Waals surface area contributed by atoms with Gasteiger partial charge in [-0.1, -0.05) is 24.3 Å². The van der Waals surface area contributed by atoms with Gasteiger partial charge in [0.15, 0.2) is 0 Å². The first-order chi connectivity index (χ1) is 16.9. The molecule has 0 bridgehead atoms. The van der Waals surface area contributed by atoms with Gasteiger partial charge in [0.05, 0.1) is 25.9 Å². The number of nitrogens with zero attached hydrogens (tertiary/aromatic N) is 3. The second kappa shape index (κ2) is 11.7. The molecule has 2 aromatic carbocycles. The molecule has 0 unspecified atom stereocenters. The number of halogens is 3. The molecule has 0 aliphatic carbocycles. The molecule has 1 aliphatic heterocycles. The number of alkyl halides is 3. The summed E-state index contributed by atoms with van der Waals surface area (Å²) in [4.78, 5) is 4.79. The molecule has 0 N–H and O–H groups in total. The van der Waals surface area contributed by atoms with Gasteiger partial charge < -0.3 is 14.0 Å². The van der Waals surface area contributed by atoms with Crippen LogP contribution in [0.15, 0.2) is 66.9 Å². The third kappa shape index (κ3) is 7.34. The normalized spacial score (nSPS) is 15.0. The van der Waals surface area contributed by atoms with Crippen molar-refractivity contribution in [3.05, 3.63) is 89.2 Å². The van der Waals surface area contributed by atoms with Crippen LogP contribution in [0.5, 0.6) is 5.75 Å². The fourth-order valence-electron chi connectivity index (χ4n) is 4.33. The van der Waals surface area contributed by atoms with Crippen LogP contribution in [0.4, 0.5) is 13.2 Å². The van der Waals surface area contributed by atoms with Crippen molar-refractivity contribution in [2.75, 3.05) is 46.5 Å². The Balaban J connectivity index is 1.47. The zero-order chi connectivity index (χ0) is 24.7. The highest BCUT2D eigenvalue weighted by molar-refractivity contribution is 5.28. The fourth-order valence-corrected chi connectivity index (χ4v) is 4.33. The highest BCUT2D eigenvalue weighted by atomic mass is 19.4. The summed E-state index contributed by atoms with van der Waals surface area (Å²) in [6, 6.07) is 17.6. The molecule has 4 rings (SSSR count). The average Bonchev–Trinajstić information content (AvgIpc) is 3.29. The molecule has 0 saturated carbocycles. The van der Waals surface area contributed by atoms with Crippen LogP contribution in [0.3, 0.4) is 0 Å². The summed E-state index contributed by atoms with van der Waals surface area (Å²) in [6.45, 7) is 7.06. The maximum atomic E-state index is 13.2. The van der Waals surface area contributed by atoms with Gasteiger partial charge >= 0.3 is 6.18 Å². The summed E-state index contributed by atoms with van der Waals surface area (Å²) in [5.74, 6) is 0.823. The first kappa shape index (κ1) is 25.3. The van der Waals surface area contributed by atoms with E-state index in [0.29, 0.717) is 18.7 Å². The van der Waals surface area contributed by atoms with E-state index < -0.39 is 11.7 Å². The van der Waals surface area contributed by atoms with Crippen molar-refractivity contribution in [3.8, 4) is 5.75 Å². The minimum Gasteiger partial charge on any atom is -0.497 e. The molecule has 1 saturated heterocycles. The van der Waals surface area contributed by atoms with Gasteiger partial charge in [-0.05, 0) is 47.5 Å². The van der Waals surface area contributed by atoms with Crippen molar-refractivity contribution in [1.29, 1.82) is 0 Å². The van der Waals surface area contributed by atoms with Crippen LogP contribution >= 0.6 is 0 Å². The van der Waals surface area contributed by atoms with E-state index in [1.165, 1.54) is 17.7 Å². The van der Waals surface area contributed by atoms with E-state index in [0.717, 1.165) is 63.4 Å². The predicted octanol–water partition coefficient (Wildman–Crippen LogP) is 4.90. The number of benzene rings is 2. The summed E-state index contributed by atoms with van der Waals surface area (Å²) in [5, 5.41) is 0. The van der Waals surface area contributed by atoms with Gasteiger partial charge in [0, 0.05) is 57.7 Å². The maximum absolute atomic E-state index is 13.2. The highest BCUT2D eigenvalue weighted by Gasteiger charge is 2.30. The smallest absolute Gasteiger partial charge is 0.416 e. The Kier molecular flexibility index (Phi) is 8.49. The molecule has 35 heavy (non-hydrogen) atoms. The van der Waals surface area contributed by atoms with Gasteiger partial charge in [-0.2, -0.15) is 13.2 Å². The average molecular weight is 488 g/mol. The van der Waals surface area contributed by atoms with Crippen LogP contribution in [0, 0.1) is 0 Å². The topological polar surface area (TPSA) is 29.9 Å². The van der Waals surface area contributed by atoms with E-state index in [1.807, 2.05) is 35.0 Å². The number of morpholine rings is 1. The summed E-state index contributed by atoms with van der Waals surface area (Å²) < 4.78 is 52.3. The molecule has 1 aliphatic rings. The molecule has 5 nitrogen and oxygen atoms in total. The van der Waals surface area contributed by atoms with Crippen LogP contribution < -0.4 is 4.74 Å². The minimum atomic E-state index is -4.34. The first-order valence-corrected chi connectivity index (χ1v) is 11.9. The Bertz CT molecular complexity index is 1060. The van der Waals surface area contributed by atoms with E-state index >= 15 is 0 Å². The molecule has 1 fully saturated rings. The first-order valence-electron chi connectivity index (χ1n) is 11.9. The molecule has 0 atom stereocenters. The molecular formula is C27H32F3N3O2. The second-order valence-corrected chi connectivity index (χ2v) is 8.84. The van der Waals surface area contributed by atoms with E-state index in [4.69, 9.17) is 9.47 Å². The minimum absolute atomic E-state index is 0.395. The third-order valence-electron chi connectivity index (χ3n) is 6.32.